The van der Waals surface area contributed by atoms with Gasteiger partial charge in [-0.05, 0) is 38.0 Å². The molecular formula is C19H21N3O6. The van der Waals surface area contributed by atoms with Gasteiger partial charge in [0.15, 0.2) is 5.41 Å². The van der Waals surface area contributed by atoms with Crippen molar-refractivity contribution in [3.8, 4) is 0 Å². The number of benzene rings is 1. The van der Waals surface area contributed by atoms with Crippen molar-refractivity contribution in [3.05, 3.63) is 29.3 Å². The van der Waals surface area contributed by atoms with E-state index in [1.54, 1.807) is 25.1 Å². The van der Waals surface area contributed by atoms with E-state index in [4.69, 9.17) is 9.47 Å². The molecule has 28 heavy (non-hydrogen) atoms. The first-order valence-electron chi connectivity index (χ1n) is 9.08. The van der Waals surface area contributed by atoms with E-state index in [-0.39, 0.29) is 12.5 Å². The third-order valence-electron chi connectivity index (χ3n) is 5.74. The number of rotatable bonds is 1. The molecule has 0 unspecified atom stereocenters. The Labute approximate surface area is 161 Å². The molecule has 3 aliphatic heterocycles. The Morgan fingerprint density at radius 2 is 1.89 bits per heavy atom. The van der Waals surface area contributed by atoms with Gasteiger partial charge in [0.25, 0.3) is 0 Å². The van der Waals surface area contributed by atoms with E-state index in [2.05, 4.69) is 10.6 Å². The summed E-state index contributed by atoms with van der Waals surface area (Å²) >= 11 is 0. The lowest BCUT2D eigenvalue weighted by atomic mass is 9.66. The average Bonchev–Trinajstić information content (AvgIpc) is 2.64. The number of urea groups is 1. The minimum Gasteiger partial charge on any atom is -0.465 e. The highest BCUT2D eigenvalue weighted by Gasteiger charge is 2.62. The molecule has 0 radical (unpaired) electrons. The molecule has 3 atom stereocenters. The van der Waals surface area contributed by atoms with Gasteiger partial charge in [0, 0.05) is 12.2 Å². The van der Waals surface area contributed by atoms with Crippen molar-refractivity contribution >= 4 is 29.5 Å². The summed E-state index contributed by atoms with van der Waals surface area (Å²) in [5.41, 5.74) is 0.381. The van der Waals surface area contributed by atoms with Crippen molar-refractivity contribution in [3.63, 3.8) is 0 Å². The number of esters is 1. The molecule has 0 aliphatic carbocycles. The molecule has 0 saturated carbocycles. The maximum Gasteiger partial charge on any atom is 0.337 e. The van der Waals surface area contributed by atoms with Gasteiger partial charge in [0.1, 0.15) is 0 Å². The summed E-state index contributed by atoms with van der Waals surface area (Å²) in [5.74, 6) is -1.74. The number of carbonyl (C=O) groups excluding carboxylic acids is 4. The molecule has 0 aromatic heterocycles. The van der Waals surface area contributed by atoms with E-state index in [9.17, 15) is 19.2 Å². The van der Waals surface area contributed by atoms with Crippen LogP contribution < -0.4 is 15.5 Å². The SMILES string of the molecule is COC(=O)c1ccc2c(c1)N1C[C@@H](C)O[C@@H](C)[C@@H]1C1(C2)C(=O)NC(=O)NC1=O. The zero-order valence-electron chi connectivity index (χ0n) is 15.8. The van der Waals surface area contributed by atoms with Crippen LogP contribution in [-0.2, 0) is 25.5 Å². The van der Waals surface area contributed by atoms with Crippen molar-refractivity contribution in [1.29, 1.82) is 0 Å². The van der Waals surface area contributed by atoms with Crippen molar-refractivity contribution < 1.29 is 28.7 Å². The summed E-state index contributed by atoms with van der Waals surface area (Å²) in [5, 5.41) is 4.48. The van der Waals surface area contributed by atoms with Gasteiger partial charge in [0.2, 0.25) is 11.8 Å². The molecule has 1 aromatic rings. The van der Waals surface area contributed by atoms with Gasteiger partial charge in [-0.15, -0.1) is 0 Å². The van der Waals surface area contributed by atoms with Crippen molar-refractivity contribution in [1.82, 2.24) is 10.6 Å². The molecule has 3 heterocycles. The first kappa shape index (κ1) is 18.4. The minimum absolute atomic E-state index is 0.0952. The van der Waals surface area contributed by atoms with E-state index in [0.717, 1.165) is 11.3 Å². The highest BCUT2D eigenvalue weighted by atomic mass is 16.5. The molecular weight excluding hydrogens is 366 g/mol. The summed E-state index contributed by atoms with van der Waals surface area (Å²) in [6.45, 7) is 4.15. The minimum atomic E-state index is -1.51. The van der Waals surface area contributed by atoms with Crippen LogP contribution in [0, 0.1) is 5.41 Å². The lowest BCUT2D eigenvalue weighted by Crippen LogP contribution is -2.75. The van der Waals surface area contributed by atoms with E-state index < -0.39 is 41.4 Å². The van der Waals surface area contributed by atoms with Crippen molar-refractivity contribution in [2.24, 2.45) is 5.41 Å². The van der Waals surface area contributed by atoms with Crippen LogP contribution in [0.25, 0.3) is 0 Å². The quantitative estimate of drug-likeness (QED) is 0.528. The Morgan fingerprint density at radius 3 is 2.54 bits per heavy atom. The third-order valence-corrected chi connectivity index (χ3v) is 5.74. The van der Waals surface area contributed by atoms with Crippen LogP contribution in [0.4, 0.5) is 10.5 Å². The normalized spacial score (nSPS) is 28.2. The largest absolute Gasteiger partial charge is 0.465 e. The van der Waals surface area contributed by atoms with Gasteiger partial charge in [-0.2, -0.15) is 0 Å². The number of nitrogens with one attached hydrogen (secondary N) is 2. The van der Waals surface area contributed by atoms with Crippen LogP contribution in [0.1, 0.15) is 29.8 Å². The Kier molecular flexibility index (Phi) is 4.15. The molecule has 2 N–H and O–H groups in total. The van der Waals surface area contributed by atoms with Gasteiger partial charge in [-0.25, -0.2) is 9.59 Å². The number of methoxy groups -OCH3 is 1. The van der Waals surface area contributed by atoms with Crippen LogP contribution in [0.15, 0.2) is 18.2 Å². The van der Waals surface area contributed by atoms with Crippen molar-refractivity contribution in [2.75, 3.05) is 18.6 Å². The number of morpholine rings is 1. The Hall–Kier alpha value is -2.94. The van der Waals surface area contributed by atoms with E-state index in [0.29, 0.717) is 12.1 Å². The summed E-state index contributed by atoms with van der Waals surface area (Å²) in [4.78, 5) is 51.5. The summed E-state index contributed by atoms with van der Waals surface area (Å²) in [7, 11) is 1.31. The first-order chi connectivity index (χ1) is 13.3. The van der Waals surface area contributed by atoms with Gasteiger partial charge in [0.05, 0.1) is 30.9 Å². The monoisotopic (exact) mass is 387 g/mol. The van der Waals surface area contributed by atoms with E-state index in [1.807, 2.05) is 11.8 Å². The lowest BCUT2D eigenvalue weighted by Gasteiger charge is -2.55. The van der Waals surface area contributed by atoms with Gasteiger partial charge in [-0.1, -0.05) is 6.07 Å². The fourth-order valence-corrected chi connectivity index (χ4v) is 4.67. The van der Waals surface area contributed by atoms with Gasteiger partial charge in [-0.3, -0.25) is 20.2 Å². The van der Waals surface area contributed by atoms with Crippen LogP contribution in [0.5, 0.6) is 0 Å². The fourth-order valence-electron chi connectivity index (χ4n) is 4.67. The van der Waals surface area contributed by atoms with Gasteiger partial charge >= 0.3 is 12.0 Å². The Bertz CT molecular complexity index is 878. The number of amides is 4. The summed E-state index contributed by atoms with van der Waals surface area (Å²) < 4.78 is 10.8. The average molecular weight is 387 g/mol. The molecule has 148 valence electrons. The lowest BCUT2D eigenvalue weighted by molar-refractivity contribution is -0.153. The zero-order chi connectivity index (χ0) is 20.2. The standard InChI is InChI=1S/C19H21N3O6/c1-9-8-22-13-6-11(15(23)27-3)4-5-12(13)7-19(14(22)10(2)28-9)16(24)20-18(26)21-17(19)25/h4-6,9-10,14H,7-8H2,1-3H3,(H2,20,21,24,25,26)/t9-,10+,14-/m1/s1. The number of barbiturate groups is 1. The molecule has 4 amide bonds. The Morgan fingerprint density at radius 1 is 1.21 bits per heavy atom. The molecule has 1 spiro atoms. The number of ether oxygens (including phenoxy) is 2. The molecule has 9 heteroatoms. The molecule has 1 aromatic carbocycles. The third kappa shape index (κ3) is 2.50. The highest BCUT2D eigenvalue weighted by molar-refractivity contribution is 6.20. The Balaban J connectivity index is 1.89. The van der Waals surface area contributed by atoms with Gasteiger partial charge < -0.3 is 14.4 Å². The second-order valence-electron chi connectivity index (χ2n) is 7.47. The van der Waals surface area contributed by atoms with Crippen LogP contribution in [-0.4, -0.2) is 55.7 Å². The predicted octanol–water partition coefficient (Wildman–Crippen LogP) is 0.364. The number of hydrogen-bond donors (Lipinski definition) is 2. The summed E-state index contributed by atoms with van der Waals surface area (Å²) in [6, 6.07) is 3.60. The number of fused-ring (bicyclic) bond motifs is 4. The predicted molar refractivity (Wildman–Crippen MR) is 96.7 cm³/mol. The molecule has 0 bridgehead atoms. The maximum atomic E-state index is 13.0. The smallest absolute Gasteiger partial charge is 0.337 e. The first-order valence-corrected chi connectivity index (χ1v) is 9.08. The number of carbonyl (C=O) groups is 4. The van der Waals surface area contributed by atoms with Crippen molar-refractivity contribution in [2.45, 2.75) is 38.5 Å². The number of anilines is 1. The molecule has 3 aliphatic rings. The summed E-state index contributed by atoms with van der Waals surface area (Å²) in [6.07, 6.45) is -0.506. The second-order valence-corrected chi connectivity index (χ2v) is 7.47. The number of imide groups is 2. The highest BCUT2D eigenvalue weighted by Crippen LogP contribution is 2.46. The van der Waals surface area contributed by atoms with Crippen LogP contribution >= 0.6 is 0 Å². The second kappa shape index (κ2) is 6.30. The van der Waals surface area contributed by atoms with E-state index in [1.165, 1.54) is 7.11 Å². The number of hydrogen-bond acceptors (Lipinski definition) is 7. The molecule has 4 rings (SSSR count). The molecule has 9 nitrogen and oxygen atoms in total. The zero-order valence-corrected chi connectivity index (χ0v) is 15.8. The van der Waals surface area contributed by atoms with E-state index >= 15 is 0 Å². The molecule has 2 saturated heterocycles. The number of nitrogens with zero attached hydrogens (tertiary/aromatic N) is 1. The molecule has 2 fully saturated rings. The fraction of sp³-hybridized carbons (Fsp3) is 0.474. The maximum absolute atomic E-state index is 13.0. The van der Waals surface area contributed by atoms with Crippen LogP contribution in [0.3, 0.4) is 0 Å². The van der Waals surface area contributed by atoms with Crippen LogP contribution in [0.2, 0.25) is 0 Å². The topological polar surface area (TPSA) is 114 Å².